The first-order valence-electron chi connectivity index (χ1n) is 5.87. The lowest BCUT2D eigenvalue weighted by molar-refractivity contribution is 0.105. The van der Waals surface area contributed by atoms with Crippen molar-refractivity contribution in [3.63, 3.8) is 0 Å². The Bertz CT molecular complexity index is 566. The van der Waals surface area contributed by atoms with E-state index < -0.39 is 0 Å². The summed E-state index contributed by atoms with van der Waals surface area (Å²) in [4.78, 5) is 12.0. The Morgan fingerprint density at radius 2 is 1.63 bits per heavy atom. The molecule has 96 valence electrons. The Morgan fingerprint density at radius 3 is 2.16 bits per heavy atom. The molecule has 1 aliphatic rings. The molecule has 1 aromatic rings. The molecule has 0 spiro atoms. The van der Waals surface area contributed by atoms with E-state index in [9.17, 15) is 4.79 Å². The van der Waals surface area contributed by atoms with Gasteiger partial charge in [-0.2, -0.15) is 0 Å². The minimum Gasteiger partial charge on any atom is -0.497 e. The zero-order valence-electron chi connectivity index (χ0n) is 10.8. The lowest BCUT2D eigenvalue weighted by atomic mass is 10.1. The summed E-state index contributed by atoms with van der Waals surface area (Å²) in [6, 6.07) is 5.02. The summed E-state index contributed by atoms with van der Waals surface area (Å²) >= 11 is 0. The number of ketones is 1. The first kappa shape index (κ1) is 13.0. The number of methoxy groups -OCH3 is 2. The SMILES string of the molecule is COc1cc(OC)cc(C(=O)C#CC2C=CC=C2)c1. The molecule has 0 amide bonds. The molecule has 3 heteroatoms. The zero-order chi connectivity index (χ0) is 13.7. The molecule has 1 aliphatic carbocycles. The highest BCUT2D eigenvalue weighted by molar-refractivity contribution is 6.09. The van der Waals surface area contributed by atoms with Gasteiger partial charge in [0.15, 0.2) is 0 Å². The Labute approximate surface area is 112 Å². The molecular formula is C16H14O3. The molecule has 0 fully saturated rings. The molecule has 0 saturated carbocycles. The maximum Gasteiger partial charge on any atom is 0.236 e. The lowest BCUT2D eigenvalue weighted by Crippen LogP contribution is -1.98. The number of carbonyl (C=O) groups is 1. The third-order valence-corrected chi connectivity index (χ3v) is 2.71. The van der Waals surface area contributed by atoms with Crippen LogP contribution in [0.15, 0.2) is 42.5 Å². The highest BCUT2D eigenvalue weighted by Gasteiger charge is 2.08. The topological polar surface area (TPSA) is 35.5 Å². The van der Waals surface area contributed by atoms with E-state index in [4.69, 9.17) is 9.47 Å². The van der Waals surface area contributed by atoms with Gasteiger partial charge in [-0.25, -0.2) is 0 Å². The third kappa shape index (κ3) is 3.26. The van der Waals surface area contributed by atoms with E-state index in [0.29, 0.717) is 17.1 Å². The summed E-state index contributed by atoms with van der Waals surface area (Å²) in [5, 5.41) is 0. The van der Waals surface area contributed by atoms with Crippen LogP contribution in [0.1, 0.15) is 10.4 Å². The van der Waals surface area contributed by atoms with Gasteiger partial charge >= 0.3 is 0 Å². The monoisotopic (exact) mass is 254 g/mol. The van der Waals surface area contributed by atoms with Gasteiger partial charge in [-0.15, -0.1) is 0 Å². The first-order valence-corrected chi connectivity index (χ1v) is 5.87. The number of carbonyl (C=O) groups excluding carboxylic acids is 1. The molecule has 0 N–H and O–H groups in total. The van der Waals surface area contributed by atoms with Gasteiger partial charge in [0.1, 0.15) is 11.5 Å². The largest absolute Gasteiger partial charge is 0.497 e. The van der Waals surface area contributed by atoms with Crippen LogP contribution >= 0.6 is 0 Å². The van der Waals surface area contributed by atoms with E-state index in [2.05, 4.69) is 11.8 Å². The van der Waals surface area contributed by atoms with Gasteiger partial charge in [0.05, 0.1) is 20.1 Å². The van der Waals surface area contributed by atoms with Crippen LogP contribution in [0.3, 0.4) is 0 Å². The predicted octanol–water partition coefficient (Wildman–Crippen LogP) is 2.63. The van der Waals surface area contributed by atoms with Crippen LogP contribution in [0.2, 0.25) is 0 Å². The molecule has 0 aliphatic heterocycles. The fraction of sp³-hybridized carbons (Fsp3) is 0.188. The van der Waals surface area contributed by atoms with Crippen molar-refractivity contribution in [2.75, 3.05) is 14.2 Å². The molecule has 0 bridgehead atoms. The second-order valence-corrected chi connectivity index (χ2v) is 4.00. The molecule has 0 aromatic heterocycles. The van der Waals surface area contributed by atoms with Crippen LogP contribution in [0.25, 0.3) is 0 Å². The summed E-state index contributed by atoms with van der Waals surface area (Å²) in [5.74, 6) is 6.47. The quantitative estimate of drug-likeness (QED) is 0.472. The highest BCUT2D eigenvalue weighted by Crippen LogP contribution is 2.22. The summed E-state index contributed by atoms with van der Waals surface area (Å²) < 4.78 is 10.2. The van der Waals surface area contributed by atoms with E-state index in [0.717, 1.165) is 0 Å². The van der Waals surface area contributed by atoms with Crippen LogP contribution in [0.4, 0.5) is 0 Å². The molecule has 19 heavy (non-hydrogen) atoms. The third-order valence-electron chi connectivity index (χ3n) is 2.71. The molecule has 0 radical (unpaired) electrons. The van der Waals surface area contributed by atoms with E-state index in [1.807, 2.05) is 24.3 Å². The van der Waals surface area contributed by atoms with Crippen molar-refractivity contribution in [2.45, 2.75) is 0 Å². The van der Waals surface area contributed by atoms with Crippen LogP contribution in [-0.4, -0.2) is 20.0 Å². The van der Waals surface area contributed by atoms with Gasteiger partial charge < -0.3 is 9.47 Å². The van der Waals surface area contributed by atoms with Gasteiger partial charge in [0.25, 0.3) is 0 Å². The van der Waals surface area contributed by atoms with Crippen LogP contribution < -0.4 is 9.47 Å². The Balaban J connectivity index is 2.22. The molecule has 2 rings (SSSR count). The van der Waals surface area contributed by atoms with E-state index in [1.165, 1.54) is 0 Å². The Morgan fingerprint density at radius 1 is 1.05 bits per heavy atom. The highest BCUT2D eigenvalue weighted by atomic mass is 16.5. The van der Waals surface area contributed by atoms with Crippen molar-refractivity contribution in [2.24, 2.45) is 5.92 Å². The zero-order valence-corrected chi connectivity index (χ0v) is 10.8. The molecule has 0 unspecified atom stereocenters. The maximum absolute atomic E-state index is 12.0. The normalized spacial score (nSPS) is 12.9. The van der Waals surface area contributed by atoms with E-state index >= 15 is 0 Å². The van der Waals surface area contributed by atoms with Crippen molar-refractivity contribution < 1.29 is 14.3 Å². The second-order valence-electron chi connectivity index (χ2n) is 4.00. The van der Waals surface area contributed by atoms with Crippen LogP contribution in [0.5, 0.6) is 11.5 Å². The van der Waals surface area contributed by atoms with Gasteiger partial charge in [-0.1, -0.05) is 30.2 Å². The summed E-state index contributed by atoms with van der Waals surface area (Å²) in [6.45, 7) is 0. The van der Waals surface area contributed by atoms with Crippen molar-refractivity contribution in [3.8, 4) is 23.3 Å². The molecule has 0 heterocycles. The Kier molecular flexibility index (Phi) is 4.04. The number of hydrogen-bond acceptors (Lipinski definition) is 3. The van der Waals surface area contributed by atoms with Crippen LogP contribution in [-0.2, 0) is 0 Å². The second kappa shape index (κ2) is 5.92. The van der Waals surface area contributed by atoms with Crippen molar-refractivity contribution in [1.82, 2.24) is 0 Å². The van der Waals surface area contributed by atoms with Crippen molar-refractivity contribution in [1.29, 1.82) is 0 Å². The number of allylic oxidation sites excluding steroid dienone is 4. The van der Waals surface area contributed by atoms with Gasteiger partial charge in [0.2, 0.25) is 5.78 Å². The standard InChI is InChI=1S/C16H14O3/c1-18-14-9-13(10-15(11-14)19-2)16(17)8-7-12-5-3-4-6-12/h3-6,9-12H,1-2H3. The Hall–Kier alpha value is -2.47. The predicted molar refractivity (Wildman–Crippen MR) is 73.4 cm³/mol. The molecule has 3 nitrogen and oxygen atoms in total. The number of hydrogen-bond donors (Lipinski definition) is 0. The average molecular weight is 254 g/mol. The van der Waals surface area contributed by atoms with Gasteiger partial charge in [-0.3, -0.25) is 4.79 Å². The van der Waals surface area contributed by atoms with Crippen molar-refractivity contribution in [3.05, 3.63) is 48.1 Å². The molecule has 1 aromatic carbocycles. The average Bonchev–Trinajstić information content (AvgIpc) is 2.97. The molecule has 0 atom stereocenters. The van der Waals surface area contributed by atoms with E-state index in [1.54, 1.807) is 32.4 Å². The number of ether oxygens (including phenoxy) is 2. The number of benzene rings is 1. The smallest absolute Gasteiger partial charge is 0.236 e. The maximum atomic E-state index is 12.0. The minimum absolute atomic E-state index is 0.0245. The van der Waals surface area contributed by atoms with Gasteiger partial charge in [0, 0.05) is 11.6 Å². The molecule has 0 saturated heterocycles. The minimum atomic E-state index is -0.245. The van der Waals surface area contributed by atoms with Crippen LogP contribution in [0, 0.1) is 17.8 Å². The summed E-state index contributed by atoms with van der Waals surface area (Å²) in [7, 11) is 3.09. The fourth-order valence-corrected chi connectivity index (χ4v) is 1.69. The number of Topliss-reactive ketones (excluding diaryl/α,β-unsaturated/α-hetero) is 1. The number of rotatable bonds is 3. The first-order chi connectivity index (χ1) is 9.22. The van der Waals surface area contributed by atoms with Gasteiger partial charge in [-0.05, 0) is 18.1 Å². The fourth-order valence-electron chi connectivity index (χ4n) is 1.69. The lowest BCUT2D eigenvalue weighted by Gasteiger charge is -2.05. The molecular weight excluding hydrogens is 240 g/mol. The summed E-state index contributed by atoms with van der Waals surface area (Å²) in [5.41, 5.74) is 0.467. The van der Waals surface area contributed by atoms with Crippen molar-refractivity contribution >= 4 is 5.78 Å². The van der Waals surface area contributed by atoms with E-state index in [-0.39, 0.29) is 11.7 Å². The summed E-state index contributed by atoms with van der Waals surface area (Å²) in [6.07, 6.45) is 7.70.